The van der Waals surface area contributed by atoms with Crippen molar-refractivity contribution < 1.29 is 4.79 Å². The van der Waals surface area contributed by atoms with Crippen LogP contribution >= 0.6 is 22.9 Å². The van der Waals surface area contributed by atoms with Gasteiger partial charge in [-0.15, -0.1) is 11.3 Å². The van der Waals surface area contributed by atoms with Crippen molar-refractivity contribution in [2.75, 3.05) is 13.1 Å². The van der Waals surface area contributed by atoms with E-state index in [0.717, 1.165) is 42.3 Å². The minimum Gasteiger partial charge on any atom is -0.349 e. The van der Waals surface area contributed by atoms with Crippen LogP contribution in [0.25, 0.3) is 0 Å². The number of hydrogen-bond donors (Lipinski definition) is 3. The lowest BCUT2D eigenvalue weighted by Gasteiger charge is -2.23. The molecule has 4 nitrogen and oxygen atoms in total. The van der Waals surface area contributed by atoms with Crippen LogP contribution in [0.4, 0.5) is 0 Å². The molecule has 1 aliphatic heterocycles. The summed E-state index contributed by atoms with van der Waals surface area (Å²) in [4.78, 5) is 13.8. The van der Waals surface area contributed by atoms with Crippen LogP contribution in [0.5, 0.6) is 0 Å². The second kappa shape index (κ2) is 9.61. The number of thiophene rings is 1. The van der Waals surface area contributed by atoms with Gasteiger partial charge in [-0.1, -0.05) is 23.7 Å². The Morgan fingerprint density at radius 3 is 2.52 bits per heavy atom. The molecule has 3 atom stereocenters. The molecule has 4 rings (SSSR count). The number of nitrogens with one attached hydrogen (secondary N) is 3. The maximum absolute atomic E-state index is 12.5. The Bertz CT molecular complexity index is 816. The van der Waals surface area contributed by atoms with Crippen LogP contribution in [0.3, 0.4) is 0 Å². The smallest absolute Gasteiger partial charge is 0.251 e. The summed E-state index contributed by atoms with van der Waals surface area (Å²) in [6.07, 6.45) is 5.54. The zero-order valence-electron chi connectivity index (χ0n) is 16.9. The maximum Gasteiger partial charge on any atom is 0.251 e. The Morgan fingerprint density at radius 2 is 1.83 bits per heavy atom. The summed E-state index contributed by atoms with van der Waals surface area (Å²) in [5.41, 5.74) is 2.11. The van der Waals surface area contributed by atoms with Crippen molar-refractivity contribution in [3.8, 4) is 0 Å². The fourth-order valence-corrected chi connectivity index (χ4v) is 5.65. The van der Waals surface area contributed by atoms with Crippen molar-refractivity contribution in [2.24, 2.45) is 0 Å². The first-order chi connectivity index (χ1) is 14.1. The standard InChI is InChI=1S/C23H30ClN3OS/c1-15(21-8-9-22(24)29-21)26-20-7-6-18(14-20)16-2-4-17(5-3-16)23(28)27-19-10-12-25-13-11-19/h2-5,8-9,15,18-20,25-26H,6-7,10-14H2,1H3,(H,27,28). The first kappa shape index (κ1) is 20.9. The van der Waals surface area contributed by atoms with Gasteiger partial charge in [-0.25, -0.2) is 0 Å². The molecule has 1 saturated carbocycles. The number of amides is 1. The van der Waals surface area contributed by atoms with E-state index < -0.39 is 0 Å². The summed E-state index contributed by atoms with van der Waals surface area (Å²) < 4.78 is 0.849. The van der Waals surface area contributed by atoms with E-state index in [1.165, 1.54) is 23.3 Å². The molecule has 3 unspecified atom stereocenters. The quantitative estimate of drug-likeness (QED) is 0.611. The Kier molecular flexibility index (Phi) is 6.91. The monoisotopic (exact) mass is 431 g/mol. The van der Waals surface area contributed by atoms with Crippen LogP contribution in [0, 0.1) is 0 Å². The molecule has 1 saturated heterocycles. The predicted molar refractivity (Wildman–Crippen MR) is 121 cm³/mol. The Hall–Kier alpha value is -1.40. The molecule has 29 heavy (non-hydrogen) atoms. The molecule has 0 radical (unpaired) electrons. The lowest BCUT2D eigenvalue weighted by molar-refractivity contribution is 0.0929. The van der Waals surface area contributed by atoms with Crippen LogP contribution in [-0.2, 0) is 0 Å². The van der Waals surface area contributed by atoms with Crippen molar-refractivity contribution in [2.45, 2.75) is 63.1 Å². The largest absolute Gasteiger partial charge is 0.349 e. The van der Waals surface area contributed by atoms with Gasteiger partial charge in [-0.05, 0) is 87.9 Å². The highest BCUT2D eigenvalue weighted by molar-refractivity contribution is 7.16. The zero-order valence-corrected chi connectivity index (χ0v) is 18.5. The normalized spacial score (nSPS) is 23.8. The van der Waals surface area contributed by atoms with Crippen molar-refractivity contribution in [3.63, 3.8) is 0 Å². The van der Waals surface area contributed by atoms with Gasteiger partial charge < -0.3 is 16.0 Å². The first-order valence-electron chi connectivity index (χ1n) is 10.7. The van der Waals surface area contributed by atoms with E-state index in [9.17, 15) is 4.79 Å². The summed E-state index contributed by atoms with van der Waals surface area (Å²) in [6.45, 7) is 4.18. The average molecular weight is 432 g/mol. The lowest BCUT2D eigenvalue weighted by Crippen LogP contribution is -2.42. The third-order valence-electron chi connectivity index (χ3n) is 6.26. The number of carbonyl (C=O) groups excluding carboxylic acids is 1. The summed E-state index contributed by atoms with van der Waals surface area (Å²) in [7, 11) is 0. The second-order valence-electron chi connectivity index (χ2n) is 8.36. The molecule has 2 heterocycles. The van der Waals surface area contributed by atoms with E-state index in [4.69, 9.17) is 11.6 Å². The number of carbonyl (C=O) groups is 1. The second-order valence-corrected chi connectivity index (χ2v) is 10.1. The molecular formula is C23H30ClN3OS. The highest BCUT2D eigenvalue weighted by Gasteiger charge is 2.27. The third kappa shape index (κ3) is 5.40. The van der Waals surface area contributed by atoms with Gasteiger partial charge in [0.25, 0.3) is 5.91 Å². The SMILES string of the molecule is CC(NC1CCC(c2ccc(C(=O)NC3CCNCC3)cc2)C1)c1ccc(Cl)s1. The zero-order chi connectivity index (χ0) is 20.2. The molecule has 1 aliphatic carbocycles. The van der Waals surface area contributed by atoms with E-state index in [-0.39, 0.29) is 5.91 Å². The van der Waals surface area contributed by atoms with Crippen molar-refractivity contribution in [3.05, 3.63) is 56.7 Å². The summed E-state index contributed by atoms with van der Waals surface area (Å²) in [5, 5.41) is 10.3. The van der Waals surface area contributed by atoms with Crippen molar-refractivity contribution in [1.29, 1.82) is 0 Å². The van der Waals surface area contributed by atoms with Crippen molar-refractivity contribution >= 4 is 28.8 Å². The van der Waals surface area contributed by atoms with E-state index in [1.54, 1.807) is 11.3 Å². The highest BCUT2D eigenvalue weighted by Crippen LogP contribution is 2.36. The average Bonchev–Trinajstić information content (AvgIpc) is 3.38. The molecule has 2 fully saturated rings. The number of hydrogen-bond acceptors (Lipinski definition) is 4. The van der Waals surface area contributed by atoms with Gasteiger partial charge in [-0.3, -0.25) is 4.79 Å². The van der Waals surface area contributed by atoms with Crippen LogP contribution in [-0.4, -0.2) is 31.1 Å². The van der Waals surface area contributed by atoms with Gasteiger partial charge in [0.15, 0.2) is 0 Å². The van der Waals surface area contributed by atoms with Gasteiger partial charge >= 0.3 is 0 Å². The lowest BCUT2D eigenvalue weighted by atomic mass is 9.96. The fourth-order valence-electron chi connectivity index (χ4n) is 4.57. The van der Waals surface area contributed by atoms with E-state index >= 15 is 0 Å². The molecular weight excluding hydrogens is 402 g/mol. The van der Waals surface area contributed by atoms with Crippen LogP contribution in [0.1, 0.15) is 71.8 Å². The molecule has 0 bridgehead atoms. The van der Waals surface area contributed by atoms with E-state index in [2.05, 4.69) is 41.1 Å². The van der Waals surface area contributed by atoms with Gasteiger partial charge in [0.1, 0.15) is 0 Å². The van der Waals surface area contributed by atoms with Gasteiger partial charge in [0.2, 0.25) is 0 Å². The van der Waals surface area contributed by atoms with Crippen LogP contribution in [0.15, 0.2) is 36.4 Å². The first-order valence-corrected chi connectivity index (χ1v) is 11.9. The Balaban J connectivity index is 1.29. The van der Waals surface area contributed by atoms with Crippen LogP contribution in [0.2, 0.25) is 4.34 Å². The van der Waals surface area contributed by atoms with E-state index in [1.807, 2.05) is 18.2 Å². The Morgan fingerprint density at radius 1 is 1.07 bits per heavy atom. The number of rotatable bonds is 6. The molecule has 6 heteroatoms. The van der Waals surface area contributed by atoms with Gasteiger partial charge in [0, 0.05) is 28.6 Å². The number of halogens is 1. The molecule has 2 aromatic rings. The fraction of sp³-hybridized carbons (Fsp3) is 0.522. The maximum atomic E-state index is 12.5. The summed E-state index contributed by atoms with van der Waals surface area (Å²) in [5.74, 6) is 0.617. The highest BCUT2D eigenvalue weighted by atomic mass is 35.5. The molecule has 1 aromatic carbocycles. The molecule has 0 spiro atoms. The summed E-state index contributed by atoms with van der Waals surface area (Å²) >= 11 is 7.73. The number of piperidine rings is 1. The van der Waals surface area contributed by atoms with Crippen molar-refractivity contribution in [1.82, 2.24) is 16.0 Å². The minimum atomic E-state index is 0.0536. The third-order valence-corrected chi connectivity index (χ3v) is 7.67. The number of benzene rings is 1. The summed E-state index contributed by atoms with van der Waals surface area (Å²) in [6, 6.07) is 13.5. The van der Waals surface area contributed by atoms with Crippen LogP contribution < -0.4 is 16.0 Å². The molecule has 2 aliphatic rings. The Labute approximate surface area is 182 Å². The molecule has 156 valence electrons. The molecule has 3 N–H and O–H groups in total. The molecule has 1 amide bonds. The predicted octanol–water partition coefficient (Wildman–Crippen LogP) is 4.87. The van der Waals surface area contributed by atoms with E-state index in [0.29, 0.717) is 24.0 Å². The van der Waals surface area contributed by atoms with Gasteiger partial charge in [-0.2, -0.15) is 0 Å². The van der Waals surface area contributed by atoms with Gasteiger partial charge in [0.05, 0.1) is 4.34 Å². The minimum absolute atomic E-state index is 0.0536. The topological polar surface area (TPSA) is 53.2 Å². The molecule has 1 aromatic heterocycles.